The smallest absolute Gasteiger partial charge is 0.317 e. The van der Waals surface area contributed by atoms with Crippen LogP contribution in [0.1, 0.15) is 24.8 Å². The maximum atomic E-state index is 10.8. The van der Waals surface area contributed by atoms with Gasteiger partial charge in [-0.1, -0.05) is 12.1 Å². The molecule has 0 spiro atoms. The summed E-state index contributed by atoms with van der Waals surface area (Å²) in [7, 11) is 3.61. The van der Waals surface area contributed by atoms with E-state index in [1.165, 1.54) is 5.56 Å². The third-order valence-corrected chi connectivity index (χ3v) is 4.67. The van der Waals surface area contributed by atoms with Gasteiger partial charge < -0.3 is 14.7 Å². The van der Waals surface area contributed by atoms with Crippen molar-refractivity contribution in [3.8, 4) is 5.75 Å². The monoisotopic (exact) mass is 320 g/mol. The first kappa shape index (κ1) is 17.8. The summed E-state index contributed by atoms with van der Waals surface area (Å²) in [4.78, 5) is 15.3. The molecule has 1 aliphatic rings. The highest BCUT2D eigenvalue weighted by atomic mass is 16.5. The van der Waals surface area contributed by atoms with Gasteiger partial charge in [0.25, 0.3) is 0 Å². The predicted octanol–water partition coefficient (Wildman–Crippen LogP) is 2.11. The molecule has 0 saturated carbocycles. The molecule has 1 aromatic rings. The molecule has 1 unspecified atom stereocenters. The number of carboxylic acid groups (broad SMARTS) is 1. The molecule has 1 heterocycles. The summed E-state index contributed by atoms with van der Waals surface area (Å²) < 4.78 is 5.18. The number of rotatable bonds is 7. The molecule has 23 heavy (non-hydrogen) atoms. The van der Waals surface area contributed by atoms with Gasteiger partial charge in [0.2, 0.25) is 0 Å². The van der Waals surface area contributed by atoms with Crippen LogP contribution in [0.15, 0.2) is 24.3 Å². The number of methoxy groups -OCH3 is 1. The minimum atomic E-state index is -0.742. The Hall–Kier alpha value is -1.59. The molecule has 128 valence electrons. The lowest BCUT2D eigenvalue weighted by Gasteiger charge is -2.25. The molecule has 1 atom stereocenters. The zero-order valence-electron chi connectivity index (χ0n) is 14.2. The van der Waals surface area contributed by atoms with Crippen molar-refractivity contribution in [2.45, 2.75) is 31.7 Å². The minimum absolute atomic E-state index is 0.135. The van der Waals surface area contributed by atoms with Crippen molar-refractivity contribution >= 4 is 5.97 Å². The van der Waals surface area contributed by atoms with E-state index >= 15 is 0 Å². The molecule has 0 amide bonds. The Bertz CT molecular complexity index is 490. The van der Waals surface area contributed by atoms with Crippen molar-refractivity contribution in [2.24, 2.45) is 0 Å². The summed E-state index contributed by atoms with van der Waals surface area (Å²) in [5.74, 6) is 0.154. The number of hydrogen-bond acceptors (Lipinski definition) is 4. The third kappa shape index (κ3) is 5.84. The predicted molar refractivity (Wildman–Crippen MR) is 91.0 cm³/mol. The Morgan fingerprint density at radius 1 is 1.30 bits per heavy atom. The lowest BCUT2D eigenvalue weighted by Crippen LogP contribution is -2.36. The van der Waals surface area contributed by atoms with Gasteiger partial charge in [-0.2, -0.15) is 0 Å². The molecule has 0 radical (unpaired) electrons. The van der Waals surface area contributed by atoms with Crippen molar-refractivity contribution in [2.75, 3.05) is 40.3 Å². The molecule has 5 nitrogen and oxygen atoms in total. The fraction of sp³-hybridized carbons (Fsp3) is 0.611. The van der Waals surface area contributed by atoms with Crippen LogP contribution in [0.5, 0.6) is 5.75 Å². The Balaban J connectivity index is 1.77. The van der Waals surface area contributed by atoms with Gasteiger partial charge in [-0.15, -0.1) is 0 Å². The van der Waals surface area contributed by atoms with Gasteiger partial charge in [0, 0.05) is 12.6 Å². The van der Waals surface area contributed by atoms with Crippen LogP contribution < -0.4 is 4.74 Å². The quantitative estimate of drug-likeness (QED) is 0.834. The van der Waals surface area contributed by atoms with E-state index in [4.69, 9.17) is 9.84 Å². The Kier molecular flexibility index (Phi) is 6.86. The number of carboxylic acids is 1. The second-order valence-electron chi connectivity index (χ2n) is 6.33. The first-order valence-corrected chi connectivity index (χ1v) is 8.36. The normalized spacial score (nSPS) is 19.5. The zero-order chi connectivity index (χ0) is 16.7. The summed E-state index contributed by atoms with van der Waals surface area (Å²) in [6.45, 7) is 3.34. The average Bonchev–Trinajstić information content (AvgIpc) is 2.78. The van der Waals surface area contributed by atoms with E-state index in [0.717, 1.165) is 51.1 Å². The molecule has 0 aliphatic carbocycles. The second kappa shape index (κ2) is 8.89. The molecule has 1 aliphatic heterocycles. The van der Waals surface area contributed by atoms with Gasteiger partial charge in [-0.05, 0) is 63.5 Å². The first-order chi connectivity index (χ1) is 11.1. The van der Waals surface area contributed by atoms with Crippen LogP contribution in [-0.2, 0) is 11.2 Å². The summed E-state index contributed by atoms with van der Waals surface area (Å²) in [5.41, 5.74) is 1.33. The molecule has 1 saturated heterocycles. The van der Waals surface area contributed by atoms with Crippen molar-refractivity contribution < 1.29 is 14.6 Å². The number of ether oxygens (including phenoxy) is 1. The van der Waals surface area contributed by atoms with Gasteiger partial charge in [0.05, 0.1) is 13.7 Å². The van der Waals surface area contributed by atoms with Crippen molar-refractivity contribution in [3.05, 3.63) is 29.8 Å². The highest BCUT2D eigenvalue weighted by Crippen LogP contribution is 2.17. The molecule has 1 fully saturated rings. The number of hydrogen-bond donors (Lipinski definition) is 1. The standard InChI is InChI=1S/C18H28N2O3/c1-19(14-18(21)22)16-4-3-11-20(13-10-16)12-9-15-5-7-17(23-2)8-6-15/h5-8,16H,3-4,9-14H2,1-2H3,(H,21,22). The number of likely N-dealkylation sites (N-methyl/N-ethyl adjacent to an activating group) is 1. The fourth-order valence-corrected chi connectivity index (χ4v) is 3.22. The molecule has 1 N–H and O–H groups in total. The fourth-order valence-electron chi connectivity index (χ4n) is 3.22. The van der Waals surface area contributed by atoms with Crippen LogP contribution in [0, 0.1) is 0 Å². The highest BCUT2D eigenvalue weighted by Gasteiger charge is 2.21. The van der Waals surface area contributed by atoms with E-state index in [1.807, 2.05) is 24.1 Å². The van der Waals surface area contributed by atoms with Gasteiger partial charge in [-0.3, -0.25) is 9.69 Å². The first-order valence-electron chi connectivity index (χ1n) is 8.36. The molecule has 1 aromatic carbocycles. The molecular formula is C18H28N2O3. The van der Waals surface area contributed by atoms with Crippen LogP contribution in [-0.4, -0.2) is 67.3 Å². The zero-order valence-corrected chi connectivity index (χ0v) is 14.2. The maximum absolute atomic E-state index is 10.8. The molecule has 2 rings (SSSR count). The van der Waals surface area contributed by atoms with Crippen LogP contribution in [0.25, 0.3) is 0 Å². The third-order valence-electron chi connectivity index (χ3n) is 4.67. The van der Waals surface area contributed by atoms with Crippen molar-refractivity contribution in [1.29, 1.82) is 0 Å². The lowest BCUT2D eigenvalue weighted by molar-refractivity contribution is -0.138. The van der Waals surface area contributed by atoms with E-state index in [-0.39, 0.29) is 6.54 Å². The van der Waals surface area contributed by atoms with E-state index in [9.17, 15) is 4.79 Å². The van der Waals surface area contributed by atoms with E-state index in [2.05, 4.69) is 17.0 Å². The second-order valence-corrected chi connectivity index (χ2v) is 6.33. The number of nitrogens with zero attached hydrogens (tertiary/aromatic N) is 2. The van der Waals surface area contributed by atoms with Crippen LogP contribution in [0.2, 0.25) is 0 Å². The number of aliphatic carboxylic acids is 1. The minimum Gasteiger partial charge on any atom is -0.497 e. The van der Waals surface area contributed by atoms with Crippen LogP contribution in [0.3, 0.4) is 0 Å². The van der Waals surface area contributed by atoms with Gasteiger partial charge in [0.1, 0.15) is 5.75 Å². The highest BCUT2D eigenvalue weighted by molar-refractivity contribution is 5.69. The van der Waals surface area contributed by atoms with Gasteiger partial charge in [0.15, 0.2) is 0 Å². The average molecular weight is 320 g/mol. The van der Waals surface area contributed by atoms with Gasteiger partial charge in [-0.25, -0.2) is 0 Å². The topological polar surface area (TPSA) is 53.0 Å². The molecule has 0 aromatic heterocycles. The number of carbonyl (C=O) groups is 1. The number of likely N-dealkylation sites (tertiary alicyclic amines) is 1. The largest absolute Gasteiger partial charge is 0.497 e. The van der Waals surface area contributed by atoms with E-state index in [0.29, 0.717) is 6.04 Å². The molecular weight excluding hydrogens is 292 g/mol. The number of benzene rings is 1. The Labute approximate surface area is 138 Å². The van der Waals surface area contributed by atoms with Crippen molar-refractivity contribution in [3.63, 3.8) is 0 Å². The summed E-state index contributed by atoms with van der Waals surface area (Å²) in [6.07, 6.45) is 4.31. The maximum Gasteiger partial charge on any atom is 0.317 e. The Morgan fingerprint density at radius 3 is 2.70 bits per heavy atom. The molecule has 5 heteroatoms. The van der Waals surface area contributed by atoms with Gasteiger partial charge >= 0.3 is 5.97 Å². The van der Waals surface area contributed by atoms with Crippen LogP contribution >= 0.6 is 0 Å². The summed E-state index contributed by atoms with van der Waals surface area (Å²) in [6, 6.07) is 8.65. The van der Waals surface area contributed by atoms with E-state index in [1.54, 1.807) is 7.11 Å². The van der Waals surface area contributed by atoms with E-state index < -0.39 is 5.97 Å². The summed E-state index contributed by atoms with van der Waals surface area (Å²) in [5, 5.41) is 8.92. The Morgan fingerprint density at radius 2 is 2.04 bits per heavy atom. The lowest BCUT2D eigenvalue weighted by atomic mass is 10.1. The van der Waals surface area contributed by atoms with Crippen LogP contribution in [0.4, 0.5) is 0 Å². The molecule has 0 bridgehead atoms. The summed E-state index contributed by atoms with van der Waals surface area (Å²) >= 11 is 0. The van der Waals surface area contributed by atoms with Crippen molar-refractivity contribution in [1.82, 2.24) is 9.80 Å². The SMILES string of the molecule is COc1ccc(CCN2CCCC(N(C)CC(=O)O)CC2)cc1.